The predicted octanol–water partition coefficient (Wildman–Crippen LogP) is 1.69. The van der Waals surface area contributed by atoms with Crippen molar-refractivity contribution in [3.8, 4) is 0 Å². The highest BCUT2D eigenvalue weighted by Gasteiger charge is 2.16. The molecule has 0 bridgehead atoms. The van der Waals surface area contributed by atoms with E-state index in [-0.39, 0.29) is 5.91 Å². The number of halogens is 1. The Hall–Kier alpha value is -1.26. The quantitative estimate of drug-likeness (QED) is 0.807. The van der Waals surface area contributed by atoms with E-state index in [0.717, 1.165) is 19.6 Å². The van der Waals surface area contributed by atoms with Crippen LogP contribution in [0.3, 0.4) is 0 Å². The lowest BCUT2D eigenvalue weighted by Crippen LogP contribution is -2.29. The molecule has 4 nitrogen and oxygen atoms in total. The normalized spacial score (nSPS) is 19.2. The zero-order chi connectivity index (χ0) is 12.3. The van der Waals surface area contributed by atoms with Crippen molar-refractivity contribution >= 4 is 23.2 Å². The number of rotatable bonds is 3. The van der Waals surface area contributed by atoms with Gasteiger partial charge in [0.2, 0.25) is 0 Å². The molecule has 0 aromatic heterocycles. The molecule has 1 aromatic rings. The Morgan fingerprint density at radius 2 is 2.41 bits per heavy atom. The van der Waals surface area contributed by atoms with Crippen LogP contribution in [0.5, 0.6) is 0 Å². The molecule has 2 rings (SSSR count). The maximum atomic E-state index is 11.8. The van der Waals surface area contributed by atoms with Gasteiger partial charge < -0.3 is 15.8 Å². The monoisotopic (exact) mass is 254 g/mol. The third-order valence-corrected chi connectivity index (χ3v) is 3.17. The highest BCUT2D eigenvalue weighted by atomic mass is 35.5. The summed E-state index contributed by atoms with van der Waals surface area (Å²) in [5.41, 5.74) is 6.59. The Morgan fingerprint density at radius 3 is 3.06 bits per heavy atom. The summed E-state index contributed by atoms with van der Waals surface area (Å²) in [5, 5.41) is 3.27. The molecule has 0 saturated carbocycles. The SMILES string of the molecule is Nc1ccc(C(=O)NCC2CCOC2)cc1Cl. The Balaban J connectivity index is 1.92. The Labute approximate surface area is 105 Å². The number of benzene rings is 1. The summed E-state index contributed by atoms with van der Waals surface area (Å²) < 4.78 is 5.24. The van der Waals surface area contributed by atoms with E-state index < -0.39 is 0 Å². The van der Waals surface area contributed by atoms with Crippen molar-refractivity contribution in [2.45, 2.75) is 6.42 Å². The molecule has 1 aromatic carbocycles. The van der Waals surface area contributed by atoms with Gasteiger partial charge in [-0.05, 0) is 24.6 Å². The summed E-state index contributed by atoms with van der Waals surface area (Å²) >= 11 is 5.86. The van der Waals surface area contributed by atoms with Crippen LogP contribution in [0.1, 0.15) is 16.8 Å². The molecule has 1 aliphatic rings. The van der Waals surface area contributed by atoms with Crippen LogP contribution in [-0.4, -0.2) is 25.7 Å². The molecule has 0 spiro atoms. The molecule has 1 aliphatic heterocycles. The number of nitrogens with one attached hydrogen (secondary N) is 1. The lowest BCUT2D eigenvalue weighted by molar-refractivity contribution is 0.0945. The molecule has 0 aliphatic carbocycles. The number of nitrogen functional groups attached to an aromatic ring is 1. The summed E-state index contributed by atoms with van der Waals surface area (Å²) in [5.74, 6) is 0.294. The predicted molar refractivity (Wildman–Crippen MR) is 67.1 cm³/mol. The standard InChI is InChI=1S/C12H15ClN2O2/c13-10-5-9(1-2-11(10)14)12(16)15-6-8-3-4-17-7-8/h1-2,5,8H,3-4,6-7,14H2,(H,15,16). The molecule has 92 valence electrons. The Kier molecular flexibility index (Phi) is 3.86. The van der Waals surface area contributed by atoms with Gasteiger partial charge in [-0.15, -0.1) is 0 Å². The van der Waals surface area contributed by atoms with Gasteiger partial charge in [-0.25, -0.2) is 0 Å². The van der Waals surface area contributed by atoms with Gasteiger partial charge in [0.15, 0.2) is 0 Å². The molecule has 1 atom stereocenters. The van der Waals surface area contributed by atoms with Gasteiger partial charge in [0, 0.05) is 24.6 Å². The molecule has 1 unspecified atom stereocenters. The topological polar surface area (TPSA) is 64.4 Å². The maximum Gasteiger partial charge on any atom is 0.251 e. The Bertz CT molecular complexity index is 417. The fourth-order valence-electron chi connectivity index (χ4n) is 1.75. The third kappa shape index (κ3) is 3.11. The molecular formula is C12H15ClN2O2. The number of hydrogen-bond acceptors (Lipinski definition) is 3. The van der Waals surface area contributed by atoms with Crippen LogP contribution in [0.4, 0.5) is 5.69 Å². The first-order chi connectivity index (χ1) is 8.16. The number of nitrogens with two attached hydrogens (primary N) is 1. The van der Waals surface area contributed by atoms with Crippen molar-refractivity contribution in [3.05, 3.63) is 28.8 Å². The van der Waals surface area contributed by atoms with E-state index in [1.54, 1.807) is 18.2 Å². The zero-order valence-electron chi connectivity index (χ0n) is 9.41. The van der Waals surface area contributed by atoms with Gasteiger partial charge in [-0.3, -0.25) is 4.79 Å². The largest absolute Gasteiger partial charge is 0.398 e. The van der Waals surface area contributed by atoms with Gasteiger partial charge in [0.1, 0.15) is 0 Å². The molecular weight excluding hydrogens is 240 g/mol. The van der Waals surface area contributed by atoms with Crippen LogP contribution in [0, 0.1) is 5.92 Å². The van der Waals surface area contributed by atoms with E-state index in [2.05, 4.69) is 5.32 Å². The van der Waals surface area contributed by atoms with E-state index in [1.165, 1.54) is 0 Å². The van der Waals surface area contributed by atoms with Gasteiger partial charge in [0.05, 0.1) is 17.3 Å². The van der Waals surface area contributed by atoms with Gasteiger partial charge in [0.25, 0.3) is 5.91 Å². The van der Waals surface area contributed by atoms with Crippen molar-refractivity contribution in [2.24, 2.45) is 5.92 Å². The Morgan fingerprint density at radius 1 is 1.59 bits per heavy atom. The van der Waals surface area contributed by atoms with Crippen LogP contribution in [0.25, 0.3) is 0 Å². The summed E-state index contributed by atoms with van der Waals surface area (Å²) in [6, 6.07) is 4.88. The van der Waals surface area contributed by atoms with Crippen LogP contribution >= 0.6 is 11.6 Å². The minimum atomic E-state index is -0.126. The van der Waals surface area contributed by atoms with E-state index in [9.17, 15) is 4.79 Å². The molecule has 1 fully saturated rings. The highest BCUT2D eigenvalue weighted by Crippen LogP contribution is 2.19. The highest BCUT2D eigenvalue weighted by molar-refractivity contribution is 6.33. The van der Waals surface area contributed by atoms with Crippen molar-refractivity contribution in [3.63, 3.8) is 0 Å². The number of ether oxygens (including phenoxy) is 1. The summed E-state index contributed by atoms with van der Waals surface area (Å²) in [6.45, 7) is 2.15. The second kappa shape index (κ2) is 5.38. The maximum absolute atomic E-state index is 11.8. The summed E-state index contributed by atoms with van der Waals surface area (Å²) in [7, 11) is 0. The number of carbonyl (C=O) groups excluding carboxylic acids is 1. The van der Waals surface area contributed by atoms with Gasteiger partial charge in [-0.1, -0.05) is 11.6 Å². The molecule has 3 N–H and O–H groups in total. The molecule has 1 amide bonds. The summed E-state index contributed by atoms with van der Waals surface area (Å²) in [6.07, 6.45) is 1.00. The first-order valence-electron chi connectivity index (χ1n) is 5.58. The number of amides is 1. The van der Waals surface area contributed by atoms with Crippen LogP contribution in [0.15, 0.2) is 18.2 Å². The molecule has 1 heterocycles. The van der Waals surface area contributed by atoms with Gasteiger partial charge >= 0.3 is 0 Å². The second-order valence-corrected chi connectivity index (χ2v) is 4.58. The van der Waals surface area contributed by atoms with Crippen LogP contribution in [0.2, 0.25) is 5.02 Å². The zero-order valence-corrected chi connectivity index (χ0v) is 10.2. The van der Waals surface area contributed by atoms with Crippen molar-refractivity contribution < 1.29 is 9.53 Å². The van der Waals surface area contributed by atoms with E-state index >= 15 is 0 Å². The number of hydrogen-bond donors (Lipinski definition) is 2. The average Bonchev–Trinajstić information content (AvgIpc) is 2.82. The molecule has 1 saturated heterocycles. The van der Waals surface area contributed by atoms with Crippen LogP contribution in [-0.2, 0) is 4.74 Å². The lowest BCUT2D eigenvalue weighted by atomic mass is 10.1. The number of carbonyl (C=O) groups is 1. The smallest absolute Gasteiger partial charge is 0.251 e. The van der Waals surface area contributed by atoms with Crippen LogP contribution < -0.4 is 11.1 Å². The number of anilines is 1. The minimum absolute atomic E-state index is 0.126. The fraction of sp³-hybridized carbons (Fsp3) is 0.417. The first-order valence-corrected chi connectivity index (χ1v) is 5.95. The van der Waals surface area contributed by atoms with Crippen molar-refractivity contribution in [1.82, 2.24) is 5.32 Å². The van der Waals surface area contributed by atoms with Crippen molar-refractivity contribution in [1.29, 1.82) is 0 Å². The van der Waals surface area contributed by atoms with E-state index in [0.29, 0.717) is 28.7 Å². The molecule has 0 radical (unpaired) electrons. The molecule has 17 heavy (non-hydrogen) atoms. The first kappa shape index (κ1) is 12.2. The summed E-state index contributed by atoms with van der Waals surface area (Å²) in [4.78, 5) is 11.8. The lowest BCUT2D eigenvalue weighted by Gasteiger charge is -2.10. The average molecular weight is 255 g/mol. The fourth-order valence-corrected chi connectivity index (χ4v) is 1.93. The minimum Gasteiger partial charge on any atom is -0.398 e. The van der Waals surface area contributed by atoms with Gasteiger partial charge in [-0.2, -0.15) is 0 Å². The van der Waals surface area contributed by atoms with E-state index in [1.807, 2.05) is 0 Å². The third-order valence-electron chi connectivity index (χ3n) is 2.84. The molecule has 5 heteroatoms. The van der Waals surface area contributed by atoms with E-state index in [4.69, 9.17) is 22.1 Å². The second-order valence-electron chi connectivity index (χ2n) is 4.18. The van der Waals surface area contributed by atoms with Crippen molar-refractivity contribution in [2.75, 3.05) is 25.5 Å².